The highest BCUT2D eigenvalue weighted by atomic mass is 35.5. The molecule has 0 aliphatic heterocycles. The van der Waals surface area contributed by atoms with E-state index in [2.05, 4.69) is 41.1 Å². The molecule has 4 heteroatoms. The van der Waals surface area contributed by atoms with Gasteiger partial charge in [0.15, 0.2) is 0 Å². The van der Waals surface area contributed by atoms with Crippen LogP contribution in [0.3, 0.4) is 0 Å². The molecule has 0 radical (unpaired) electrons. The van der Waals surface area contributed by atoms with E-state index in [4.69, 9.17) is 11.6 Å². The smallest absolute Gasteiger partial charge is 0.336 e. The Labute approximate surface area is 156 Å². The number of para-hydroxylation sites is 1. The number of hydrogen-bond donors (Lipinski definition) is 1. The van der Waals surface area contributed by atoms with Crippen molar-refractivity contribution < 1.29 is 9.90 Å². The monoisotopic (exact) mass is 361 g/mol. The normalized spacial score (nSPS) is 11.0. The molecule has 4 rings (SSSR count). The van der Waals surface area contributed by atoms with Crippen LogP contribution < -0.4 is 0 Å². The second-order valence-corrected chi connectivity index (χ2v) is 6.63. The van der Waals surface area contributed by atoms with Crippen LogP contribution in [0.2, 0.25) is 5.02 Å². The third-order valence-electron chi connectivity index (χ3n) is 4.49. The number of carboxylic acid groups (broad SMARTS) is 1. The quantitative estimate of drug-likeness (QED) is 0.516. The lowest BCUT2D eigenvalue weighted by Crippen LogP contribution is -2.03. The molecular weight excluding hydrogens is 346 g/mol. The first-order valence-electron chi connectivity index (χ1n) is 8.29. The van der Waals surface area contributed by atoms with Crippen molar-refractivity contribution in [3.63, 3.8) is 0 Å². The third kappa shape index (κ3) is 3.09. The van der Waals surface area contributed by atoms with Crippen molar-refractivity contribution in [2.75, 3.05) is 0 Å². The summed E-state index contributed by atoms with van der Waals surface area (Å²) < 4.78 is 2.14. The van der Waals surface area contributed by atoms with Crippen molar-refractivity contribution in [3.8, 4) is 5.69 Å². The molecule has 0 saturated carbocycles. The Bertz CT molecular complexity index is 1100. The molecule has 1 N–H and O–H groups in total. The number of carbonyl (C=O) groups is 1. The van der Waals surface area contributed by atoms with Crippen molar-refractivity contribution in [1.82, 2.24) is 4.57 Å². The number of carboxylic acids is 1. The van der Waals surface area contributed by atoms with E-state index in [1.807, 2.05) is 24.3 Å². The fraction of sp³-hybridized carbons (Fsp3) is 0.0455. The summed E-state index contributed by atoms with van der Waals surface area (Å²) in [6.45, 7) is 0. The van der Waals surface area contributed by atoms with E-state index in [0.29, 0.717) is 11.4 Å². The number of fused-ring (bicyclic) bond motifs is 1. The second-order valence-electron chi connectivity index (χ2n) is 6.20. The maximum atomic E-state index is 11.5. The van der Waals surface area contributed by atoms with Crippen LogP contribution in [0.4, 0.5) is 0 Å². The fourth-order valence-electron chi connectivity index (χ4n) is 3.24. The summed E-state index contributed by atoms with van der Waals surface area (Å²) in [5, 5.41) is 11.0. The molecule has 26 heavy (non-hydrogen) atoms. The molecule has 3 aromatic carbocycles. The molecule has 0 aliphatic carbocycles. The van der Waals surface area contributed by atoms with Crippen LogP contribution in [0.5, 0.6) is 0 Å². The largest absolute Gasteiger partial charge is 0.478 e. The topological polar surface area (TPSA) is 42.2 Å². The Hall–Kier alpha value is -3.04. The summed E-state index contributed by atoms with van der Waals surface area (Å²) >= 11 is 5.94. The Balaban J connectivity index is 1.71. The molecule has 1 aromatic heterocycles. The number of nitrogens with zero attached hydrogens (tertiary/aromatic N) is 1. The maximum absolute atomic E-state index is 11.5. The van der Waals surface area contributed by atoms with Crippen LogP contribution >= 0.6 is 11.6 Å². The first kappa shape index (κ1) is 16.4. The lowest BCUT2D eigenvalue weighted by Gasteiger charge is -2.09. The van der Waals surface area contributed by atoms with Crippen molar-refractivity contribution in [3.05, 3.63) is 101 Å². The molecule has 0 spiro atoms. The SMILES string of the molecule is O=C(O)c1cc(Cl)ccc1Cc1ccc2c(ccn2-c2ccccc2)c1. The van der Waals surface area contributed by atoms with Gasteiger partial charge in [-0.05, 0) is 60.0 Å². The van der Waals surface area contributed by atoms with Gasteiger partial charge >= 0.3 is 5.97 Å². The number of rotatable bonds is 4. The van der Waals surface area contributed by atoms with Crippen LogP contribution in [0.1, 0.15) is 21.5 Å². The lowest BCUT2D eigenvalue weighted by molar-refractivity contribution is 0.0696. The Morgan fingerprint density at radius 2 is 1.77 bits per heavy atom. The van der Waals surface area contributed by atoms with E-state index in [9.17, 15) is 9.90 Å². The number of aromatic carboxylic acids is 1. The molecule has 0 atom stereocenters. The van der Waals surface area contributed by atoms with Gasteiger partial charge in [-0.15, -0.1) is 0 Å². The van der Waals surface area contributed by atoms with Crippen LogP contribution in [0, 0.1) is 0 Å². The molecule has 4 aromatic rings. The van der Waals surface area contributed by atoms with Gasteiger partial charge in [0.1, 0.15) is 0 Å². The minimum absolute atomic E-state index is 0.249. The van der Waals surface area contributed by atoms with Crippen molar-refractivity contribution in [2.45, 2.75) is 6.42 Å². The average molecular weight is 362 g/mol. The zero-order valence-corrected chi connectivity index (χ0v) is 14.6. The molecular formula is C22H16ClNO2. The molecule has 0 unspecified atom stereocenters. The molecule has 0 bridgehead atoms. The molecule has 0 fully saturated rings. The predicted molar refractivity (Wildman–Crippen MR) is 104 cm³/mol. The Morgan fingerprint density at radius 1 is 0.962 bits per heavy atom. The van der Waals surface area contributed by atoms with Crippen LogP contribution in [0.25, 0.3) is 16.6 Å². The van der Waals surface area contributed by atoms with Gasteiger partial charge in [-0.2, -0.15) is 0 Å². The number of hydrogen-bond acceptors (Lipinski definition) is 1. The highest BCUT2D eigenvalue weighted by Crippen LogP contribution is 2.24. The predicted octanol–water partition coefficient (Wildman–Crippen LogP) is 5.57. The van der Waals surface area contributed by atoms with E-state index in [1.54, 1.807) is 12.1 Å². The van der Waals surface area contributed by atoms with Gasteiger partial charge in [0.25, 0.3) is 0 Å². The first-order chi connectivity index (χ1) is 12.6. The van der Waals surface area contributed by atoms with Crippen LogP contribution in [0.15, 0.2) is 79.0 Å². The zero-order chi connectivity index (χ0) is 18.1. The standard InChI is InChI=1S/C22H16ClNO2/c23-18-8-7-16(20(14-18)22(25)26)12-15-6-9-21-17(13-15)10-11-24(21)19-4-2-1-3-5-19/h1-11,13-14H,12H2,(H,25,26). The number of halogens is 1. The molecule has 0 aliphatic rings. The number of aromatic nitrogens is 1. The maximum Gasteiger partial charge on any atom is 0.336 e. The molecule has 3 nitrogen and oxygen atoms in total. The third-order valence-corrected chi connectivity index (χ3v) is 4.72. The van der Waals surface area contributed by atoms with E-state index in [1.165, 1.54) is 6.07 Å². The average Bonchev–Trinajstić information content (AvgIpc) is 3.07. The minimum atomic E-state index is -0.959. The highest BCUT2D eigenvalue weighted by molar-refractivity contribution is 6.31. The Kier molecular flexibility index (Phi) is 4.23. The van der Waals surface area contributed by atoms with Gasteiger partial charge in [0.2, 0.25) is 0 Å². The van der Waals surface area contributed by atoms with Crippen molar-refractivity contribution >= 4 is 28.5 Å². The van der Waals surface area contributed by atoms with Crippen LogP contribution in [-0.4, -0.2) is 15.6 Å². The summed E-state index contributed by atoms with van der Waals surface area (Å²) in [6.07, 6.45) is 2.60. The van der Waals surface area contributed by atoms with Gasteiger partial charge in [0.05, 0.1) is 11.1 Å². The molecule has 128 valence electrons. The summed E-state index contributed by atoms with van der Waals surface area (Å²) in [5.41, 5.74) is 4.30. The van der Waals surface area contributed by atoms with E-state index < -0.39 is 5.97 Å². The molecule has 1 heterocycles. The van der Waals surface area contributed by atoms with E-state index in [-0.39, 0.29) is 5.56 Å². The van der Waals surface area contributed by atoms with Gasteiger partial charge in [-0.25, -0.2) is 4.79 Å². The Morgan fingerprint density at radius 3 is 2.54 bits per heavy atom. The second kappa shape index (κ2) is 6.70. The highest BCUT2D eigenvalue weighted by Gasteiger charge is 2.12. The zero-order valence-electron chi connectivity index (χ0n) is 13.9. The van der Waals surface area contributed by atoms with Crippen molar-refractivity contribution in [2.24, 2.45) is 0 Å². The molecule has 0 saturated heterocycles. The van der Waals surface area contributed by atoms with Gasteiger partial charge in [-0.1, -0.05) is 41.9 Å². The summed E-state index contributed by atoms with van der Waals surface area (Å²) in [7, 11) is 0. The van der Waals surface area contributed by atoms with E-state index in [0.717, 1.165) is 27.7 Å². The summed E-state index contributed by atoms with van der Waals surface area (Å²) in [4.78, 5) is 11.5. The van der Waals surface area contributed by atoms with Gasteiger partial charge in [-0.3, -0.25) is 0 Å². The molecule has 0 amide bonds. The van der Waals surface area contributed by atoms with Gasteiger partial charge < -0.3 is 9.67 Å². The first-order valence-corrected chi connectivity index (χ1v) is 8.67. The summed E-state index contributed by atoms with van der Waals surface area (Å²) in [6, 6.07) is 23.5. The minimum Gasteiger partial charge on any atom is -0.478 e. The summed E-state index contributed by atoms with van der Waals surface area (Å²) in [5.74, 6) is -0.959. The van der Waals surface area contributed by atoms with Gasteiger partial charge in [0, 0.05) is 22.3 Å². The van der Waals surface area contributed by atoms with E-state index >= 15 is 0 Å². The fourth-order valence-corrected chi connectivity index (χ4v) is 3.41. The van der Waals surface area contributed by atoms with Crippen molar-refractivity contribution in [1.29, 1.82) is 0 Å². The lowest BCUT2D eigenvalue weighted by atomic mass is 9.99. The number of benzene rings is 3. The van der Waals surface area contributed by atoms with Crippen LogP contribution in [-0.2, 0) is 6.42 Å².